The third-order valence-electron chi connectivity index (χ3n) is 4.59. The second-order valence-corrected chi connectivity index (χ2v) is 6.32. The van der Waals surface area contributed by atoms with Crippen molar-refractivity contribution in [3.8, 4) is 6.07 Å². The van der Waals surface area contributed by atoms with E-state index >= 15 is 0 Å². The Morgan fingerprint density at radius 1 is 0.957 bits per heavy atom. The molecule has 0 amide bonds. The van der Waals surface area contributed by atoms with E-state index < -0.39 is 0 Å². The zero-order valence-electron chi connectivity index (χ0n) is 13.9. The van der Waals surface area contributed by atoms with E-state index in [9.17, 15) is 0 Å². The van der Waals surface area contributed by atoms with Gasteiger partial charge >= 0.3 is 0 Å². The van der Waals surface area contributed by atoms with E-state index in [0.29, 0.717) is 0 Å². The van der Waals surface area contributed by atoms with Crippen LogP contribution in [0.5, 0.6) is 0 Å². The lowest BCUT2D eigenvalue weighted by atomic mass is 10.1. The van der Waals surface area contributed by atoms with Crippen LogP contribution in [-0.2, 0) is 6.54 Å². The van der Waals surface area contributed by atoms with Crippen LogP contribution in [0.15, 0.2) is 42.5 Å². The van der Waals surface area contributed by atoms with Gasteiger partial charge in [-0.1, -0.05) is 30.3 Å². The molecule has 3 heteroatoms. The molecule has 1 aliphatic heterocycles. The van der Waals surface area contributed by atoms with Crippen LogP contribution < -0.4 is 4.90 Å². The summed E-state index contributed by atoms with van der Waals surface area (Å²) in [5, 5.41) is 9.01. The lowest BCUT2D eigenvalue weighted by Gasteiger charge is -2.37. The van der Waals surface area contributed by atoms with Crippen LogP contribution in [0.3, 0.4) is 0 Å². The van der Waals surface area contributed by atoms with Gasteiger partial charge in [-0.15, -0.1) is 0 Å². The summed E-state index contributed by atoms with van der Waals surface area (Å²) in [4.78, 5) is 4.98. The summed E-state index contributed by atoms with van der Waals surface area (Å²) in [5.41, 5.74) is 6.10. The number of hydrogen-bond donors (Lipinski definition) is 0. The molecule has 0 aliphatic carbocycles. The largest absolute Gasteiger partial charge is 0.369 e. The van der Waals surface area contributed by atoms with Gasteiger partial charge < -0.3 is 4.90 Å². The van der Waals surface area contributed by atoms with Crippen LogP contribution in [-0.4, -0.2) is 31.1 Å². The normalized spacial score (nSPS) is 15.4. The minimum absolute atomic E-state index is 0.747. The van der Waals surface area contributed by atoms with E-state index in [-0.39, 0.29) is 0 Å². The van der Waals surface area contributed by atoms with Crippen molar-refractivity contribution in [3.05, 3.63) is 64.7 Å². The molecule has 3 nitrogen and oxygen atoms in total. The topological polar surface area (TPSA) is 30.3 Å². The first kappa shape index (κ1) is 15.6. The zero-order valence-corrected chi connectivity index (χ0v) is 13.9. The van der Waals surface area contributed by atoms with Crippen molar-refractivity contribution in [1.82, 2.24) is 4.90 Å². The van der Waals surface area contributed by atoms with Crippen LogP contribution in [0.4, 0.5) is 5.69 Å². The standard InChI is InChI=1S/C20H23N3/c1-16-5-3-6-17(2)20(16)23-11-9-22(10-12-23)15-19-8-4-7-18(13-19)14-21/h3-8,13H,9-12,15H2,1-2H3. The van der Waals surface area contributed by atoms with Crippen molar-refractivity contribution in [2.24, 2.45) is 0 Å². The van der Waals surface area contributed by atoms with E-state index in [1.54, 1.807) is 0 Å². The van der Waals surface area contributed by atoms with Crippen LogP contribution >= 0.6 is 0 Å². The van der Waals surface area contributed by atoms with Gasteiger partial charge in [0.05, 0.1) is 11.6 Å². The summed E-state index contributed by atoms with van der Waals surface area (Å²) >= 11 is 0. The number of para-hydroxylation sites is 1. The van der Waals surface area contributed by atoms with Crippen molar-refractivity contribution < 1.29 is 0 Å². The third-order valence-corrected chi connectivity index (χ3v) is 4.59. The average molecular weight is 305 g/mol. The SMILES string of the molecule is Cc1cccc(C)c1N1CCN(Cc2cccc(C#N)c2)CC1. The number of rotatable bonds is 3. The predicted octanol–water partition coefficient (Wildman–Crippen LogP) is 3.50. The Labute approximate surface area is 138 Å². The summed E-state index contributed by atoms with van der Waals surface area (Å²) in [6.07, 6.45) is 0. The minimum Gasteiger partial charge on any atom is -0.369 e. The van der Waals surface area contributed by atoms with Crippen LogP contribution in [0, 0.1) is 25.2 Å². The molecular weight excluding hydrogens is 282 g/mol. The monoisotopic (exact) mass is 305 g/mol. The van der Waals surface area contributed by atoms with Crippen molar-refractivity contribution >= 4 is 5.69 Å². The highest BCUT2D eigenvalue weighted by molar-refractivity contribution is 5.59. The Morgan fingerprint density at radius 3 is 2.26 bits per heavy atom. The molecule has 0 aromatic heterocycles. The van der Waals surface area contributed by atoms with Gasteiger partial charge in [0, 0.05) is 38.4 Å². The zero-order chi connectivity index (χ0) is 16.2. The second kappa shape index (κ2) is 6.85. The van der Waals surface area contributed by atoms with Crippen molar-refractivity contribution in [1.29, 1.82) is 5.26 Å². The number of benzene rings is 2. The fourth-order valence-corrected chi connectivity index (χ4v) is 3.43. The molecule has 118 valence electrons. The van der Waals surface area contributed by atoms with Crippen LogP contribution in [0.2, 0.25) is 0 Å². The number of nitriles is 1. The predicted molar refractivity (Wildman–Crippen MR) is 94.6 cm³/mol. The van der Waals surface area contributed by atoms with Gasteiger partial charge in [-0.25, -0.2) is 0 Å². The quantitative estimate of drug-likeness (QED) is 0.869. The molecule has 23 heavy (non-hydrogen) atoms. The molecule has 0 spiro atoms. The number of hydrogen-bond acceptors (Lipinski definition) is 3. The molecule has 0 N–H and O–H groups in total. The van der Waals surface area contributed by atoms with Crippen molar-refractivity contribution in [2.45, 2.75) is 20.4 Å². The molecule has 1 saturated heterocycles. The molecule has 1 heterocycles. The lowest BCUT2D eigenvalue weighted by Crippen LogP contribution is -2.46. The van der Waals surface area contributed by atoms with Gasteiger partial charge in [0.2, 0.25) is 0 Å². The average Bonchev–Trinajstić information content (AvgIpc) is 2.56. The van der Waals surface area contributed by atoms with Gasteiger partial charge in [-0.3, -0.25) is 4.90 Å². The Hall–Kier alpha value is -2.31. The first-order valence-electron chi connectivity index (χ1n) is 8.20. The van der Waals surface area contributed by atoms with E-state index in [1.165, 1.54) is 22.4 Å². The minimum atomic E-state index is 0.747. The summed E-state index contributed by atoms with van der Waals surface area (Å²) < 4.78 is 0. The van der Waals surface area contributed by atoms with Crippen molar-refractivity contribution in [2.75, 3.05) is 31.1 Å². The van der Waals surface area contributed by atoms with Gasteiger partial charge in [-0.2, -0.15) is 5.26 Å². The van der Waals surface area contributed by atoms with Gasteiger partial charge in [0.15, 0.2) is 0 Å². The lowest BCUT2D eigenvalue weighted by molar-refractivity contribution is 0.249. The van der Waals surface area contributed by atoms with Gasteiger partial charge in [0.1, 0.15) is 0 Å². The Kier molecular flexibility index (Phi) is 4.64. The molecular formula is C20H23N3. The van der Waals surface area contributed by atoms with E-state index in [4.69, 9.17) is 5.26 Å². The number of nitrogens with zero attached hydrogens (tertiary/aromatic N) is 3. The molecule has 0 bridgehead atoms. The molecule has 0 unspecified atom stereocenters. The summed E-state index contributed by atoms with van der Waals surface area (Å²) in [6.45, 7) is 9.56. The highest BCUT2D eigenvalue weighted by Gasteiger charge is 2.19. The van der Waals surface area contributed by atoms with Gasteiger partial charge in [0.25, 0.3) is 0 Å². The first-order chi connectivity index (χ1) is 11.2. The molecule has 0 saturated carbocycles. The van der Waals surface area contributed by atoms with E-state index in [1.807, 2.05) is 18.2 Å². The maximum Gasteiger partial charge on any atom is 0.0991 e. The third kappa shape index (κ3) is 3.55. The Morgan fingerprint density at radius 2 is 1.61 bits per heavy atom. The van der Waals surface area contributed by atoms with E-state index in [2.05, 4.69) is 54.0 Å². The summed E-state index contributed by atoms with van der Waals surface area (Å²) in [7, 11) is 0. The molecule has 1 fully saturated rings. The fourth-order valence-electron chi connectivity index (χ4n) is 3.43. The first-order valence-corrected chi connectivity index (χ1v) is 8.20. The van der Waals surface area contributed by atoms with Gasteiger partial charge in [-0.05, 0) is 42.7 Å². The highest BCUT2D eigenvalue weighted by Crippen LogP contribution is 2.25. The maximum atomic E-state index is 9.01. The highest BCUT2D eigenvalue weighted by atomic mass is 15.3. The van der Waals surface area contributed by atoms with Crippen molar-refractivity contribution in [3.63, 3.8) is 0 Å². The number of piperazine rings is 1. The molecule has 2 aromatic carbocycles. The maximum absolute atomic E-state index is 9.01. The summed E-state index contributed by atoms with van der Waals surface area (Å²) in [6, 6.07) is 16.7. The molecule has 3 rings (SSSR count). The second-order valence-electron chi connectivity index (χ2n) is 6.32. The fraction of sp³-hybridized carbons (Fsp3) is 0.350. The summed E-state index contributed by atoms with van der Waals surface area (Å²) in [5.74, 6) is 0. The molecule has 1 aliphatic rings. The Balaban J connectivity index is 1.63. The molecule has 2 aromatic rings. The Bertz CT molecular complexity index is 702. The number of anilines is 1. The molecule has 0 atom stereocenters. The van der Waals surface area contributed by atoms with Crippen LogP contribution in [0.25, 0.3) is 0 Å². The van der Waals surface area contributed by atoms with Crippen LogP contribution in [0.1, 0.15) is 22.3 Å². The molecule has 0 radical (unpaired) electrons. The van der Waals surface area contributed by atoms with E-state index in [0.717, 1.165) is 38.3 Å². The smallest absolute Gasteiger partial charge is 0.0991 e. The number of aryl methyl sites for hydroxylation is 2.